The number of aliphatic hydroxyl groups is 2. The number of carboxylic acid groups (broad SMARTS) is 1. The zero-order chi connectivity index (χ0) is 28.6. The molecular formula is C30H28FNO6S2. The number of fused-ring (bicyclic) bond motifs is 1. The normalized spacial score (nSPS) is 13.1. The highest BCUT2D eigenvalue weighted by atomic mass is 32.2. The second-order valence-corrected chi connectivity index (χ2v) is 10.9. The lowest BCUT2D eigenvalue weighted by atomic mass is 9.93. The van der Waals surface area contributed by atoms with E-state index in [1.54, 1.807) is 32.6 Å². The molecule has 40 heavy (non-hydrogen) atoms. The van der Waals surface area contributed by atoms with E-state index in [9.17, 15) is 15.0 Å². The fourth-order valence-corrected chi connectivity index (χ4v) is 5.37. The summed E-state index contributed by atoms with van der Waals surface area (Å²) in [4.78, 5) is 17.1. The van der Waals surface area contributed by atoms with Crippen molar-refractivity contribution >= 4 is 47.0 Å². The molecule has 4 rings (SSSR count). The molecule has 2 atom stereocenters. The van der Waals surface area contributed by atoms with E-state index >= 15 is 4.39 Å². The first-order valence-electron chi connectivity index (χ1n) is 12.3. The van der Waals surface area contributed by atoms with Gasteiger partial charge in [-0.25, -0.2) is 4.39 Å². The van der Waals surface area contributed by atoms with Gasteiger partial charge in [-0.1, -0.05) is 36.4 Å². The molecule has 0 spiro atoms. The number of rotatable bonds is 12. The highest BCUT2D eigenvalue weighted by molar-refractivity contribution is 7.94. The average molecular weight is 582 g/mol. The standard InChI is InChI=1S/C30H28FNO6S2/c1-37-39-23-7-3-5-18(11-23)25-16-28-26(15-27(25)31)30(19-6-4-8-24(12-19)40-38-2)20(17-32-28)9-10-21(33)13-22(34)14-29(35)36/h3-12,15-17,21-22,33-34H,13-14H2,1-2H3,(H,35,36)/b10-9+/t21-,22-/m1/s1. The molecule has 1 heterocycles. The van der Waals surface area contributed by atoms with Crippen molar-refractivity contribution in [2.24, 2.45) is 0 Å². The van der Waals surface area contributed by atoms with Crippen LogP contribution in [0.4, 0.5) is 4.39 Å². The highest BCUT2D eigenvalue weighted by Gasteiger charge is 2.17. The second kappa shape index (κ2) is 13.9. The number of carbonyl (C=O) groups is 1. The molecular weight excluding hydrogens is 553 g/mol. The lowest BCUT2D eigenvalue weighted by Gasteiger charge is -2.15. The molecule has 10 heteroatoms. The smallest absolute Gasteiger partial charge is 0.305 e. The first kappa shape index (κ1) is 29.7. The van der Waals surface area contributed by atoms with Gasteiger partial charge in [0.1, 0.15) is 5.82 Å². The van der Waals surface area contributed by atoms with Crippen molar-refractivity contribution in [3.05, 3.63) is 84.3 Å². The van der Waals surface area contributed by atoms with Crippen LogP contribution in [0.2, 0.25) is 0 Å². The maximum absolute atomic E-state index is 15.7. The number of hydrogen-bond donors (Lipinski definition) is 3. The molecule has 0 aliphatic heterocycles. The fourth-order valence-electron chi connectivity index (χ4n) is 4.37. The van der Waals surface area contributed by atoms with Crippen LogP contribution >= 0.6 is 24.1 Å². The van der Waals surface area contributed by atoms with Crippen molar-refractivity contribution in [2.45, 2.75) is 34.8 Å². The molecule has 3 aromatic carbocycles. The summed E-state index contributed by atoms with van der Waals surface area (Å²) in [6, 6.07) is 18.2. The summed E-state index contributed by atoms with van der Waals surface area (Å²) in [5.74, 6) is -1.57. The molecule has 0 aliphatic carbocycles. The molecule has 0 saturated carbocycles. The van der Waals surface area contributed by atoms with Crippen molar-refractivity contribution in [3.8, 4) is 22.3 Å². The number of carboxylic acids is 1. The molecule has 0 aliphatic rings. The second-order valence-electron chi connectivity index (χ2n) is 8.91. The van der Waals surface area contributed by atoms with Crippen LogP contribution in [0.15, 0.2) is 82.7 Å². The minimum atomic E-state index is -1.19. The Morgan fingerprint density at radius 3 is 2.30 bits per heavy atom. The summed E-state index contributed by atoms with van der Waals surface area (Å²) >= 11 is 2.39. The van der Waals surface area contributed by atoms with Crippen LogP contribution in [0.1, 0.15) is 18.4 Å². The van der Waals surface area contributed by atoms with Gasteiger partial charge in [-0.05, 0) is 53.1 Å². The molecule has 208 valence electrons. The lowest BCUT2D eigenvalue weighted by Crippen LogP contribution is -2.19. The molecule has 0 amide bonds. The summed E-state index contributed by atoms with van der Waals surface area (Å²) in [5.41, 5.74) is 3.78. The van der Waals surface area contributed by atoms with Crippen LogP contribution in [0, 0.1) is 5.82 Å². The van der Waals surface area contributed by atoms with Crippen molar-refractivity contribution < 1.29 is 32.9 Å². The Morgan fingerprint density at radius 1 is 1.00 bits per heavy atom. The molecule has 1 aromatic heterocycles. The molecule has 7 nitrogen and oxygen atoms in total. The van der Waals surface area contributed by atoms with Gasteiger partial charge in [0, 0.05) is 63.0 Å². The van der Waals surface area contributed by atoms with E-state index in [0.717, 1.165) is 15.4 Å². The first-order chi connectivity index (χ1) is 19.3. The minimum absolute atomic E-state index is 0.141. The zero-order valence-electron chi connectivity index (χ0n) is 21.8. The number of aliphatic carboxylic acids is 1. The first-order valence-corrected chi connectivity index (χ1v) is 13.8. The predicted molar refractivity (Wildman–Crippen MR) is 156 cm³/mol. The Kier molecular flexibility index (Phi) is 10.3. The molecule has 0 unspecified atom stereocenters. The van der Waals surface area contributed by atoms with Gasteiger partial charge in [-0.2, -0.15) is 0 Å². The van der Waals surface area contributed by atoms with Gasteiger partial charge in [0.25, 0.3) is 0 Å². The maximum Gasteiger partial charge on any atom is 0.305 e. The van der Waals surface area contributed by atoms with Crippen LogP contribution in [0.5, 0.6) is 0 Å². The molecule has 3 N–H and O–H groups in total. The molecule has 4 aromatic rings. The highest BCUT2D eigenvalue weighted by Crippen LogP contribution is 2.37. The monoisotopic (exact) mass is 581 g/mol. The summed E-state index contributed by atoms with van der Waals surface area (Å²) in [6.45, 7) is 0. The Hall–Kier alpha value is -3.25. The van der Waals surface area contributed by atoms with E-state index in [2.05, 4.69) is 4.98 Å². The number of hydrogen-bond acceptors (Lipinski definition) is 8. The van der Waals surface area contributed by atoms with Crippen molar-refractivity contribution in [3.63, 3.8) is 0 Å². The van der Waals surface area contributed by atoms with E-state index in [0.29, 0.717) is 33.2 Å². The largest absolute Gasteiger partial charge is 0.481 e. The average Bonchev–Trinajstić information content (AvgIpc) is 2.91. The topological polar surface area (TPSA) is 109 Å². The molecule has 0 saturated heterocycles. The predicted octanol–water partition coefficient (Wildman–Crippen LogP) is 6.61. The third-order valence-electron chi connectivity index (χ3n) is 6.03. The quantitative estimate of drug-likeness (QED) is 0.159. The van der Waals surface area contributed by atoms with Crippen LogP contribution in [0.3, 0.4) is 0 Å². The van der Waals surface area contributed by atoms with Crippen molar-refractivity contribution in [1.82, 2.24) is 4.98 Å². The van der Waals surface area contributed by atoms with E-state index in [1.807, 2.05) is 48.5 Å². The Bertz CT molecular complexity index is 1530. The minimum Gasteiger partial charge on any atom is -0.481 e. The zero-order valence-corrected chi connectivity index (χ0v) is 23.4. The number of aliphatic hydroxyl groups excluding tert-OH is 2. The van der Waals surface area contributed by atoms with Crippen LogP contribution in [-0.4, -0.2) is 52.7 Å². The van der Waals surface area contributed by atoms with E-state index in [1.165, 1.54) is 36.2 Å². The van der Waals surface area contributed by atoms with Crippen molar-refractivity contribution in [2.75, 3.05) is 14.2 Å². The van der Waals surface area contributed by atoms with Gasteiger partial charge < -0.3 is 23.7 Å². The number of benzene rings is 3. The molecule has 0 bridgehead atoms. The van der Waals surface area contributed by atoms with Crippen LogP contribution in [0.25, 0.3) is 39.2 Å². The third-order valence-corrected chi connectivity index (χ3v) is 7.26. The fraction of sp³-hybridized carbons (Fsp3) is 0.200. The lowest BCUT2D eigenvalue weighted by molar-refractivity contribution is -0.139. The van der Waals surface area contributed by atoms with Gasteiger partial charge >= 0.3 is 5.97 Å². The summed E-state index contributed by atoms with van der Waals surface area (Å²) in [7, 11) is 3.15. The summed E-state index contributed by atoms with van der Waals surface area (Å²) < 4.78 is 26.0. The van der Waals surface area contributed by atoms with Gasteiger partial charge in [-0.15, -0.1) is 0 Å². The number of nitrogens with zero attached hydrogens (tertiary/aromatic N) is 1. The van der Waals surface area contributed by atoms with E-state index in [-0.39, 0.29) is 6.42 Å². The van der Waals surface area contributed by atoms with E-state index in [4.69, 9.17) is 13.5 Å². The van der Waals surface area contributed by atoms with Crippen LogP contribution in [-0.2, 0) is 13.2 Å². The van der Waals surface area contributed by atoms with Crippen molar-refractivity contribution in [1.29, 1.82) is 0 Å². The van der Waals surface area contributed by atoms with Gasteiger partial charge in [0.05, 0.1) is 38.4 Å². The van der Waals surface area contributed by atoms with Gasteiger partial charge in [0.15, 0.2) is 0 Å². The number of pyridine rings is 1. The summed E-state index contributed by atoms with van der Waals surface area (Å²) in [5, 5.41) is 29.7. The van der Waals surface area contributed by atoms with Crippen LogP contribution < -0.4 is 0 Å². The number of halogens is 1. The Labute approximate surface area is 240 Å². The molecule has 0 radical (unpaired) electrons. The van der Waals surface area contributed by atoms with Gasteiger partial charge in [0.2, 0.25) is 0 Å². The third kappa shape index (κ3) is 7.48. The maximum atomic E-state index is 15.7. The number of aromatic nitrogens is 1. The SMILES string of the molecule is COSc1cccc(-c2cc3ncc(/C=C/[C@@H](O)C[C@@H](O)CC(=O)O)c(-c4cccc(SOC)c4)c3cc2F)c1. The summed E-state index contributed by atoms with van der Waals surface area (Å²) in [6.07, 6.45) is 1.86. The molecule has 0 fully saturated rings. The van der Waals surface area contributed by atoms with Gasteiger partial charge in [-0.3, -0.25) is 9.78 Å². The Balaban J connectivity index is 1.81. The Morgan fingerprint density at radius 2 is 1.65 bits per heavy atom. The van der Waals surface area contributed by atoms with E-state index < -0.39 is 30.4 Å².